The second-order valence-corrected chi connectivity index (χ2v) is 2.57. The topological polar surface area (TPSA) is 15.6 Å². The highest BCUT2D eigenvalue weighted by atomic mass is 35.5. The molecule has 1 unspecified atom stereocenters. The molecule has 0 aromatic rings. The van der Waals surface area contributed by atoms with Crippen molar-refractivity contribution in [2.24, 2.45) is 4.99 Å². The van der Waals surface area contributed by atoms with E-state index in [1.165, 1.54) is 6.20 Å². The van der Waals surface area contributed by atoms with Crippen LogP contribution in [-0.2, 0) is 0 Å². The van der Waals surface area contributed by atoms with Crippen LogP contribution in [0.4, 0.5) is 0 Å². The molecule has 1 aliphatic rings. The Labute approximate surface area is 67.8 Å². The first-order valence-corrected chi connectivity index (χ1v) is 3.36. The first kappa shape index (κ1) is 7.19. The highest BCUT2D eigenvalue weighted by Gasteiger charge is 2.15. The molecule has 1 heterocycles. The van der Waals surface area contributed by atoms with Crippen molar-refractivity contribution >= 4 is 40.3 Å². The van der Waals surface area contributed by atoms with Gasteiger partial charge in [0.2, 0.25) is 5.29 Å². The molecule has 5 heteroatoms. The summed E-state index contributed by atoms with van der Waals surface area (Å²) in [5.41, 5.74) is -0.392. The monoisotopic (exact) mass is 184 g/mol. The van der Waals surface area contributed by atoms with Crippen molar-refractivity contribution in [3.8, 4) is 0 Å². The molecule has 9 heavy (non-hydrogen) atoms. The van der Waals surface area contributed by atoms with Crippen LogP contribution in [0.1, 0.15) is 0 Å². The van der Waals surface area contributed by atoms with Crippen LogP contribution >= 0.6 is 35.0 Å². The molecule has 50 valence electrons. The first-order chi connectivity index (χ1) is 4.22. The number of hydrogen-bond acceptors (Lipinski definition) is 2. The summed E-state index contributed by atoms with van der Waals surface area (Å²) in [5, 5.41) is 0.194. The van der Waals surface area contributed by atoms with Crippen molar-refractivity contribution in [3.05, 3.63) is 12.3 Å². The van der Waals surface area contributed by atoms with Gasteiger partial charge in [-0.3, -0.25) is 0 Å². The molecule has 0 aromatic carbocycles. The van der Waals surface area contributed by atoms with Gasteiger partial charge in [-0.15, -0.1) is 0 Å². The summed E-state index contributed by atoms with van der Waals surface area (Å²) >= 11 is 16.6. The van der Waals surface area contributed by atoms with Gasteiger partial charge in [0.05, 0.1) is 0 Å². The lowest BCUT2D eigenvalue weighted by Crippen LogP contribution is -2.25. The number of rotatable bonds is 0. The zero-order valence-electron chi connectivity index (χ0n) is 4.26. The van der Waals surface area contributed by atoms with Crippen LogP contribution in [0.25, 0.3) is 0 Å². The van der Waals surface area contributed by atoms with E-state index in [2.05, 4.69) is 4.99 Å². The Morgan fingerprint density at radius 3 is 2.78 bits per heavy atom. The summed E-state index contributed by atoms with van der Waals surface area (Å²) in [6.45, 7) is 0. The smallest absolute Gasteiger partial charge is 0.214 e. The number of hydrogen-bond donors (Lipinski definition) is 0. The number of amidine groups is 1. The standard InChI is InChI=1S/C4H3Cl3N2/c5-3-1-2-8-4(6)9(3)7/h1-3H. The molecule has 1 aliphatic heterocycles. The fraction of sp³-hybridized carbons (Fsp3) is 0.250. The number of alkyl halides is 1. The maximum atomic E-state index is 5.60. The Balaban J connectivity index is 2.73. The predicted octanol–water partition coefficient (Wildman–Crippen LogP) is 2.13. The van der Waals surface area contributed by atoms with Gasteiger partial charge < -0.3 is 0 Å². The molecular weight excluding hydrogens is 182 g/mol. The van der Waals surface area contributed by atoms with Gasteiger partial charge in [-0.25, -0.2) is 9.41 Å². The molecule has 0 amide bonds. The molecule has 2 nitrogen and oxygen atoms in total. The van der Waals surface area contributed by atoms with Gasteiger partial charge in [0.1, 0.15) is 5.50 Å². The van der Waals surface area contributed by atoms with Crippen LogP contribution in [0.5, 0.6) is 0 Å². The SMILES string of the molecule is ClC1=NC=CC(Cl)N1Cl. The van der Waals surface area contributed by atoms with E-state index in [1.54, 1.807) is 6.08 Å². The van der Waals surface area contributed by atoms with Gasteiger partial charge in [0.15, 0.2) is 0 Å². The van der Waals surface area contributed by atoms with Crippen LogP contribution < -0.4 is 0 Å². The molecule has 0 saturated heterocycles. The van der Waals surface area contributed by atoms with E-state index in [0.29, 0.717) is 0 Å². The van der Waals surface area contributed by atoms with Gasteiger partial charge in [-0.1, -0.05) is 11.6 Å². The van der Waals surface area contributed by atoms with Gasteiger partial charge >= 0.3 is 0 Å². The van der Waals surface area contributed by atoms with Gasteiger partial charge in [-0.2, -0.15) is 0 Å². The van der Waals surface area contributed by atoms with Crippen LogP contribution in [0, 0.1) is 0 Å². The Bertz CT molecular complexity index is 165. The molecule has 0 N–H and O–H groups in total. The normalized spacial score (nSPS) is 26.3. The maximum Gasteiger partial charge on any atom is 0.214 e. The lowest BCUT2D eigenvalue weighted by molar-refractivity contribution is 0.683. The zero-order chi connectivity index (χ0) is 6.85. The van der Waals surface area contributed by atoms with Crippen molar-refractivity contribution < 1.29 is 0 Å². The van der Waals surface area contributed by atoms with Crippen molar-refractivity contribution in [1.82, 2.24) is 4.42 Å². The van der Waals surface area contributed by atoms with E-state index in [1.807, 2.05) is 0 Å². The average molecular weight is 185 g/mol. The van der Waals surface area contributed by atoms with Crippen LogP contribution in [-0.4, -0.2) is 15.2 Å². The highest BCUT2D eigenvalue weighted by molar-refractivity contribution is 6.67. The van der Waals surface area contributed by atoms with Crippen LogP contribution in [0.15, 0.2) is 17.3 Å². The fourth-order valence-electron chi connectivity index (χ4n) is 0.408. The average Bonchev–Trinajstić information content (AvgIpc) is 1.83. The molecule has 0 spiro atoms. The summed E-state index contributed by atoms with van der Waals surface area (Å²) in [6.07, 6.45) is 3.14. The minimum atomic E-state index is -0.392. The Hall–Kier alpha value is 0.0800. The first-order valence-electron chi connectivity index (χ1n) is 2.21. The molecule has 0 aromatic heterocycles. The lowest BCUT2D eigenvalue weighted by atomic mass is 10.5. The number of nitrogens with zero attached hydrogens (tertiary/aromatic N) is 2. The summed E-state index contributed by atoms with van der Waals surface area (Å²) in [5.74, 6) is 0. The summed E-state index contributed by atoms with van der Waals surface area (Å²) < 4.78 is 1.14. The molecule has 1 rings (SSSR count). The van der Waals surface area contributed by atoms with Gasteiger partial charge in [-0.05, 0) is 17.7 Å². The largest absolute Gasteiger partial charge is 0.237 e. The van der Waals surface area contributed by atoms with Gasteiger partial charge in [0.25, 0.3) is 0 Å². The van der Waals surface area contributed by atoms with Crippen molar-refractivity contribution in [2.45, 2.75) is 5.50 Å². The second-order valence-electron chi connectivity index (χ2n) is 1.42. The third-order valence-corrected chi connectivity index (χ3v) is 2.00. The molecule has 0 bridgehead atoms. The molecular formula is C4H3Cl3N2. The van der Waals surface area contributed by atoms with E-state index in [9.17, 15) is 0 Å². The Morgan fingerprint density at radius 1 is 1.67 bits per heavy atom. The summed E-state index contributed by atoms with van der Waals surface area (Å²) in [4.78, 5) is 3.67. The molecule has 1 atom stereocenters. The number of halogens is 3. The highest BCUT2D eigenvalue weighted by Crippen LogP contribution is 2.16. The third kappa shape index (κ3) is 1.51. The van der Waals surface area contributed by atoms with E-state index < -0.39 is 5.50 Å². The molecule has 0 aliphatic carbocycles. The van der Waals surface area contributed by atoms with E-state index in [-0.39, 0.29) is 5.29 Å². The molecule has 0 fully saturated rings. The quantitative estimate of drug-likeness (QED) is 0.321. The Kier molecular flexibility index (Phi) is 2.22. The van der Waals surface area contributed by atoms with Crippen LogP contribution in [0.3, 0.4) is 0 Å². The molecule has 0 radical (unpaired) electrons. The molecule has 0 saturated carbocycles. The number of aliphatic imine (C=N–C) groups is 1. The minimum absolute atomic E-state index is 0.194. The Morgan fingerprint density at radius 2 is 2.33 bits per heavy atom. The third-order valence-electron chi connectivity index (χ3n) is 0.819. The van der Waals surface area contributed by atoms with Crippen molar-refractivity contribution in [2.75, 3.05) is 0 Å². The van der Waals surface area contributed by atoms with E-state index in [4.69, 9.17) is 35.0 Å². The fourth-order valence-corrected chi connectivity index (χ4v) is 0.886. The zero-order valence-corrected chi connectivity index (χ0v) is 6.53. The summed E-state index contributed by atoms with van der Waals surface area (Å²) in [7, 11) is 0. The van der Waals surface area contributed by atoms with Crippen molar-refractivity contribution in [3.63, 3.8) is 0 Å². The lowest BCUT2D eigenvalue weighted by Gasteiger charge is -2.18. The van der Waals surface area contributed by atoms with Crippen LogP contribution in [0.2, 0.25) is 0 Å². The second kappa shape index (κ2) is 2.78. The predicted molar refractivity (Wildman–Crippen MR) is 39.8 cm³/mol. The summed E-state index contributed by atoms with van der Waals surface area (Å²) in [6, 6.07) is 0. The van der Waals surface area contributed by atoms with E-state index in [0.717, 1.165) is 4.42 Å². The maximum absolute atomic E-state index is 5.60. The minimum Gasteiger partial charge on any atom is -0.237 e. The van der Waals surface area contributed by atoms with Gasteiger partial charge in [0, 0.05) is 18.0 Å². The van der Waals surface area contributed by atoms with E-state index >= 15 is 0 Å². The van der Waals surface area contributed by atoms with Crippen molar-refractivity contribution in [1.29, 1.82) is 0 Å².